The molecule has 3 heterocycles. The number of rotatable bonds is 10. The van der Waals surface area contributed by atoms with Crippen LogP contribution in [-0.4, -0.2) is 80.1 Å². The zero-order valence-electron chi connectivity index (χ0n) is 24.8. The number of halogens is 2. The maximum atomic E-state index is 13.0. The number of nitrogens with one attached hydrogen (secondary N) is 1. The summed E-state index contributed by atoms with van der Waals surface area (Å²) in [4.78, 5) is 40.1. The third kappa shape index (κ3) is 7.15. The highest BCUT2D eigenvalue weighted by molar-refractivity contribution is 6.38. The first-order chi connectivity index (χ1) is 21.2. The van der Waals surface area contributed by atoms with Crippen molar-refractivity contribution in [3.63, 3.8) is 0 Å². The van der Waals surface area contributed by atoms with E-state index in [1.807, 2.05) is 43.3 Å². The summed E-state index contributed by atoms with van der Waals surface area (Å²) in [5.41, 5.74) is 3.55. The Labute approximate surface area is 266 Å². The Morgan fingerprint density at radius 1 is 1.02 bits per heavy atom. The van der Waals surface area contributed by atoms with Crippen molar-refractivity contribution in [1.29, 1.82) is 0 Å². The minimum absolute atomic E-state index is 0.0513. The molecule has 10 nitrogen and oxygen atoms in total. The van der Waals surface area contributed by atoms with Gasteiger partial charge in [0.15, 0.2) is 0 Å². The van der Waals surface area contributed by atoms with Crippen molar-refractivity contribution in [3.8, 4) is 11.5 Å². The van der Waals surface area contributed by atoms with E-state index in [0.717, 1.165) is 42.9 Å². The Hall–Kier alpha value is -4.12. The van der Waals surface area contributed by atoms with Crippen LogP contribution in [0.3, 0.4) is 0 Å². The summed E-state index contributed by atoms with van der Waals surface area (Å²) >= 11 is 13.3. The van der Waals surface area contributed by atoms with Crippen molar-refractivity contribution in [3.05, 3.63) is 82.2 Å². The molecule has 2 aromatic heterocycles. The fourth-order valence-corrected chi connectivity index (χ4v) is 5.74. The lowest BCUT2D eigenvalue weighted by molar-refractivity contribution is -0.125. The van der Waals surface area contributed by atoms with E-state index >= 15 is 0 Å². The van der Waals surface area contributed by atoms with Gasteiger partial charge < -0.3 is 24.6 Å². The quantitative estimate of drug-likeness (QED) is 0.267. The van der Waals surface area contributed by atoms with Crippen LogP contribution in [0.2, 0.25) is 10.0 Å². The number of amides is 2. The van der Waals surface area contributed by atoms with Crippen LogP contribution in [0, 0.1) is 6.92 Å². The van der Waals surface area contributed by atoms with E-state index in [1.165, 1.54) is 4.90 Å². The number of hydrogen-bond donors (Lipinski definition) is 1. The lowest BCUT2D eigenvalue weighted by Gasteiger charge is -2.35. The summed E-state index contributed by atoms with van der Waals surface area (Å²) in [5, 5.41) is 4.25. The molecular weight excluding hydrogens is 603 g/mol. The van der Waals surface area contributed by atoms with Crippen LogP contribution in [0.15, 0.2) is 60.9 Å². The second-order valence-electron chi connectivity index (χ2n) is 10.5. The van der Waals surface area contributed by atoms with Crippen molar-refractivity contribution >= 4 is 57.3 Å². The van der Waals surface area contributed by atoms with Gasteiger partial charge in [0.05, 0.1) is 30.9 Å². The molecule has 230 valence electrons. The predicted octanol–water partition coefficient (Wildman–Crippen LogP) is 4.73. The molecule has 4 aromatic rings. The number of benzene rings is 2. The van der Waals surface area contributed by atoms with Gasteiger partial charge >= 0.3 is 0 Å². The summed E-state index contributed by atoms with van der Waals surface area (Å²) in [6.07, 6.45) is 3.55. The molecule has 0 radical (unpaired) electrons. The number of anilines is 2. The lowest BCUT2D eigenvalue weighted by atomic mass is 10.1. The fraction of sp³-hybridized carbons (Fsp3) is 0.312. The standard InChI is InChI=1S/C32H34Cl2N6O4/c1-21-17-28(43-3)23-5-4-6-27(32(23)37-21)44-20-24-25(33)7-8-26(31(24)34)38(2)30(42)18-36-29(41)19-39-13-15-40(16-14-39)22-9-11-35-12-10-22/h4-12,17H,13-16,18-20H2,1-3H3,(H,36,41). The van der Waals surface area contributed by atoms with Crippen LogP contribution < -0.4 is 24.6 Å². The zero-order valence-corrected chi connectivity index (χ0v) is 26.4. The molecule has 44 heavy (non-hydrogen) atoms. The molecule has 1 saturated heterocycles. The monoisotopic (exact) mass is 636 g/mol. The number of ether oxygens (including phenoxy) is 2. The number of carbonyl (C=O) groups excluding carboxylic acids is 2. The van der Waals surface area contributed by atoms with Crippen molar-refractivity contribution in [2.45, 2.75) is 13.5 Å². The molecule has 1 aliphatic heterocycles. The van der Waals surface area contributed by atoms with Crippen molar-refractivity contribution in [2.75, 3.05) is 63.2 Å². The van der Waals surface area contributed by atoms with Crippen molar-refractivity contribution < 1.29 is 19.1 Å². The average Bonchev–Trinajstić information content (AvgIpc) is 3.03. The Kier molecular flexibility index (Phi) is 10.0. The Balaban J connectivity index is 1.17. The highest BCUT2D eigenvalue weighted by Crippen LogP contribution is 2.36. The van der Waals surface area contributed by atoms with Gasteiger partial charge in [-0.2, -0.15) is 0 Å². The molecule has 1 N–H and O–H groups in total. The molecule has 1 aliphatic rings. The molecule has 0 atom stereocenters. The van der Waals surface area contributed by atoms with Crippen LogP contribution in [-0.2, 0) is 16.2 Å². The predicted molar refractivity (Wildman–Crippen MR) is 173 cm³/mol. The molecule has 1 fully saturated rings. The number of hydrogen-bond acceptors (Lipinski definition) is 8. The fourth-order valence-electron chi connectivity index (χ4n) is 5.13. The molecule has 0 bridgehead atoms. The van der Waals surface area contributed by atoms with E-state index in [1.54, 1.807) is 38.7 Å². The number of likely N-dealkylation sites (N-methyl/N-ethyl adjacent to an activating group) is 1. The van der Waals surface area contributed by atoms with Gasteiger partial charge in [0.1, 0.15) is 23.6 Å². The Bertz CT molecular complexity index is 1650. The first kappa shape index (κ1) is 31.3. The van der Waals surface area contributed by atoms with Gasteiger partial charge in [-0.25, -0.2) is 4.98 Å². The minimum atomic E-state index is -0.322. The molecule has 0 saturated carbocycles. The van der Waals surface area contributed by atoms with Gasteiger partial charge in [-0.3, -0.25) is 19.5 Å². The number of piperazine rings is 1. The second kappa shape index (κ2) is 14.1. The third-order valence-electron chi connectivity index (χ3n) is 7.59. The van der Waals surface area contributed by atoms with E-state index in [4.69, 9.17) is 32.7 Å². The molecule has 0 spiro atoms. The smallest absolute Gasteiger partial charge is 0.246 e. The van der Waals surface area contributed by atoms with Crippen LogP contribution in [0.25, 0.3) is 10.9 Å². The summed E-state index contributed by atoms with van der Waals surface area (Å²) in [5.74, 6) is 0.716. The Morgan fingerprint density at radius 3 is 2.50 bits per heavy atom. The maximum absolute atomic E-state index is 13.0. The van der Waals surface area contributed by atoms with Crippen LogP contribution in [0.4, 0.5) is 11.4 Å². The SMILES string of the molecule is COc1cc(C)nc2c(OCc3c(Cl)ccc(N(C)C(=O)CNC(=O)CN4CCN(c5ccncc5)CC4)c3Cl)cccc12. The number of pyridine rings is 2. The topological polar surface area (TPSA) is 100 Å². The van der Waals surface area contributed by atoms with Gasteiger partial charge in [-0.15, -0.1) is 0 Å². The normalized spacial score (nSPS) is 13.5. The summed E-state index contributed by atoms with van der Waals surface area (Å²) in [6.45, 7) is 5.11. The van der Waals surface area contributed by atoms with Crippen LogP contribution >= 0.6 is 23.2 Å². The minimum Gasteiger partial charge on any atom is -0.496 e. The van der Waals surface area contributed by atoms with Crippen LogP contribution in [0.5, 0.6) is 11.5 Å². The first-order valence-electron chi connectivity index (χ1n) is 14.2. The summed E-state index contributed by atoms with van der Waals surface area (Å²) < 4.78 is 11.7. The molecule has 0 unspecified atom stereocenters. The average molecular weight is 638 g/mol. The van der Waals surface area contributed by atoms with Crippen molar-refractivity contribution in [1.82, 2.24) is 20.2 Å². The number of methoxy groups -OCH3 is 1. The second-order valence-corrected chi connectivity index (χ2v) is 11.2. The van der Waals surface area contributed by atoms with Gasteiger partial charge in [0.25, 0.3) is 0 Å². The third-order valence-corrected chi connectivity index (χ3v) is 8.37. The lowest BCUT2D eigenvalue weighted by Crippen LogP contribution is -2.50. The highest BCUT2D eigenvalue weighted by atomic mass is 35.5. The van der Waals surface area contributed by atoms with Crippen molar-refractivity contribution in [2.24, 2.45) is 0 Å². The van der Waals surface area contributed by atoms with E-state index in [9.17, 15) is 9.59 Å². The largest absolute Gasteiger partial charge is 0.496 e. The van der Waals surface area contributed by atoms with E-state index in [0.29, 0.717) is 33.3 Å². The molecule has 5 rings (SSSR count). The molecule has 2 aromatic carbocycles. The van der Waals surface area contributed by atoms with Gasteiger partial charge in [-0.05, 0) is 43.3 Å². The van der Waals surface area contributed by atoms with E-state index < -0.39 is 0 Å². The number of aryl methyl sites for hydroxylation is 1. The van der Waals surface area contributed by atoms with Crippen LogP contribution in [0.1, 0.15) is 11.3 Å². The van der Waals surface area contributed by atoms with E-state index in [-0.39, 0.29) is 36.5 Å². The molecule has 2 amide bonds. The number of nitrogens with zero attached hydrogens (tertiary/aromatic N) is 5. The maximum Gasteiger partial charge on any atom is 0.246 e. The molecule has 12 heteroatoms. The molecular formula is C32H34Cl2N6O4. The molecule has 0 aliphatic carbocycles. The number of fused-ring (bicyclic) bond motifs is 1. The number of aromatic nitrogens is 2. The van der Waals surface area contributed by atoms with Gasteiger partial charge in [0, 0.05) is 79.0 Å². The van der Waals surface area contributed by atoms with Gasteiger partial charge in [-0.1, -0.05) is 29.3 Å². The summed E-state index contributed by atoms with van der Waals surface area (Å²) in [7, 11) is 3.22. The first-order valence-corrected chi connectivity index (χ1v) is 15.0. The highest BCUT2D eigenvalue weighted by Gasteiger charge is 2.22. The van der Waals surface area contributed by atoms with E-state index in [2.05, 4.69) is 25.1 Å². The summed E-state index contributed by atoms with van der Waals surface area (Å²) in [6, 6.07) is 14.8. The van der Waals surface area contributed by atoms with Gasteiger partial charge in [0.2, 0.25) is 11.8 Å². The number of para-hydroxylation sites is 1. The number of carbonyl (C=O) groups is 2. The Morgan fingerprint density at radius 2 is 1.77 bits per heavy atom. The zero-order chi connectivity index (χ0) is 31.2.